The van der Waals surface area contributed by atoms with Gasteiger partial charge in [-0.3, -0.25) is 4.21 Å². The summed E-state index contributed by atoms with van der Waals surface area (Å²) in [5.41, 5.74) is 0.786. The Bertz CT molecular complexity index is 372. The molecule has 0 aliphatic rings. The van der Waals surface area contributed by atoms with E-state index in [1.165, 1.54) is 0 Å². The first-order chi connectivity index (χ1) is 8.11. The zero-order chi connectivity index (χ0) is 12.7. The molecule has 0 heterocycles. The van der Waals surface area contributed by atoms with Crippen molar-refractivity contribution in [2.24, 2.45) is 0 Å². The van der Waals surface area contributed by atoms with Crippen LogP contribution in [0.3, 0.4) is 0 Å². The molecule has 0 saturated carbocycles. The molecule has 0 bridgehead atoms. The summed E-state index contributed by atoms with van der Waals surface area (Å²) in [5.74, 6) is 0.673. The van der Waals surface area contributed by atoms with E-state index in [4.69, 9.17) is 9.84 Å². The Balaban J connectivity index is 2.32. The molecular formula is C11H16NO4S-. The molecule has 5 nitrogen and oxygen atoms in total. The van der Waals surface area contributed by atoms with Crippen LogP contribution in [0.5, 0.6) is 5.75 Å². The quantitative estimate of drug-likeness (QED) is 0.706. The molecule has 6 heteroatoms. The van der Waals surface area contributed by atoms with Gasteiger partial charge in [-0.2, -0.15) is 0 Å². The first-order valence-electron chi connectivity index (χ1n) is 5.30. The van der Waals surface area contributed by atoms with E-state index in [9.17, 15) is 8.76 Å². The Hall–Kier alpha value is -0.950. The van der Waals surface area contributed by atoms with Crippen LogP contribution >= 0.6 is 0 Å². The van der Waals surface area contributed by atoms with Crippen LogP contribution in [0.1, 0.15) is 18.9 Å². The van der Waals surface area contributed by atoms with Crippen molar-refractivity contribution in [3.63, 3.8) is 0 Å². The van der Waals surface area contributed by atoms with Crippen molar-refractivity contribution in [1.82, 2.24) is 4.72 Å². The van der Waals surface area contributed by atoms with Crippen molar-refractivity contribution in [2.75, 3.05) is 6.61 Å². The summed E-state index contributed by atoms with van der Waals surface area (Å²) in [6, 6.07) is 6.99. The van der Waals surface area contributed by atoms with Crippen LogP contribution in [0.4, 0.5) is 0 Å². The number of rotatable bonds is 7. The molecule has 1 rings (SSSR count). The molecule has 2 atom stereocenters. The minimum absolute atomic E-state index is 0.0235. The summed E-state index contributed by atoms with van der Waals surface area (Å²) in [7, 11) is 0. The highest BCUT2D eigenvalue weighted by Gasteiger charge is 2.02. The fourth-order valence-corrected chi connectivity index (χ4v) is 1.76. The molecule has 2 N–H and O–H groups in total. The Labute approximate surface area is 103 Å². The van der Waals surface area contributed by atoms with Gasteiger partial charge >= 0.3 is 0 Å². The van der Waals surface area contributed by atoms with Gasteiger partial charge in [-0.1, -0.05) is 12.1 Å². The zero-order valence-electron chi connectivity index (χ0n) is 9.59. The van der Waals surface area contributed by atoms with Gasteiger partial charge in [0.15, 0.2) is 0 Å². The molecule has 2 unspecified atom stereocenters. The van der Waals surface area contributed by atoms with Gasteiger partial charge in [0.25, 0.3) is 0 Å². The van der Waals surface area contributed by atoms with Crippen molar-refractivity contribution >= 4 is 11.3 Å². The first-order valence-corrected chi connectivity index (χ1v) is 6.37. The first kappa shape index (κ1) is 14.1. The molecule has 96 valence electrons. The van der Waals surface area contributed by atoms with Gasteiger partial charge in [-0.05, 0) is 31.0 Å². The van der Waals surface area contributed by atoms with Gasteiger partial charge in [0.1, 0.15) is 5.75 Å². The van der Waals surface area contributed by atoms with E-state index in [1.54, 1.807) is 31.2 Å². The highest BCUT2D eigenvalue weighted by molar-refractivity contribution is 7.77. The number of ether oxygens (including phenoxy) is 1. The second-order valence-corrected chi connectivity index (χ2v) is 4.40. The van der Waals surface area contributed by atoms with Crippen LogP contribution in [0.25, 0.3) is 0 Å². The largest absolute Gasteiger partial charge is 0.760 e. The third-order valence-electron chi connectivity index (χ3n) is 2.20. The molecular weight excluding hydrogens is 242 g/mol. The van der Waals surface area contributed by atoms with Crippen LogP contribution in [0.15, 0.2) is 24.3 Å². The number of hydrogen-bond acceptors (Lipinski definition) is 4. The normalized spacial score (nSPS) is 14.3. The number of nitrogens with one attached hydrogen (secondary N) is 1. The average molecular weight is 258 g/mol. The van der Waals surface area contributed by atoms with Crippen molar-refractivity contribution in [2.45, 2.75) is 26.0 Å². The fraction of sp³-hybridized carbons (Fsp3) is 0.455. The van der Waals surface area contributed by atoms with E-state index >= 15 is 0 Å². The SMILES string of the molecule is CC(CCOc1cccc(CO)c1)NS(=O)[O-]. The summed E-state index contributed by atoms with van der Waals surface area (Å²) >= 11 is -2.24. The second-order valence-electron chi connectivity index (χ2n) is 3.70. The third kappa shape index (κ3) is 5.78. The molecule has 0 amide bonds. The number of hydrogen-bond donors (Lipinski definition) is 2. The lowest BCUT2D eigenvalue weighted by atomic mass is 10.2. The molecule has 1 aromatic carbocycles. The fourth-order valence-electron chi connectivity index (χ4n) is 1.31. The van der Waals surface area contributed by atoms with Gasteiger partial charge in [0, 0.05) is 17.3 Å². The van der Waals surface area contributed by atoms with Crippen LogP contribution < -0.4 is 9.46 Å². The van der Waals surface area contributed by atoms with Gasteiger partial charge in [-0.15, -0.1) is 0 Å². The Kier molecular flexibility index (Phi) is 6.13. The summed E-state index contributed by atoms with van der Waals surface area (Å²) in [6.07, 6.45) is 0.581. The van der Waals surface area contributed by atoms with E-state index in [2.05, 4.69) is 4.72 Å². The number of aliphatic hydroxyl groups is 1. The summed E-state index contributed by atoms with van der Waals surface area (Å²) in [4.78, 5) is 0. The molecule has 1 aromatic rings. The lowest BCUT2D eigenvalue weighted by Crippen LogP contribution is -2.29. The van der Waals surface area contributed by atoms with E-state index in [0.29, 0.717) is 18.8 Å². The predicted molar refractivity (Wildman–Crippen MR) is 64.0 cm³/mol. The molecule has 0 radical (unpaired) electrons. The van der Waals surface area contributed by atoms with Gasteiger partial charge in [-0.25, -0.2) is 4.72 Å². The van der Waals surface area contributed by atoms with Crippen LogP contribution in [0, 0.1) is 0 Å². The minimum Gasteiger partial charge on any atom is -0.760 e. The van der Waals surface area contributed by atoms with E-state index in [1.807, 2.05) is 0 Å². The highest BCUT2D eigenvalue weighted by atomic mass is 32.2. The van der Waals surface area contributed by atoms with E-state index in [-0.39, 0.29) is 12.6 Å². The van der Waals surface area contributed by atoms with Crippen molar-refractivity contribution < 1.29 is 18.6 Å². The van der Waals surface area contributed by atoms with Gasteiger partial charge in [0.2, 0.25) is 0 Å². The Morgan fingerprint density at radius 2 is 2.35 bits per heavy atom. The lowest BCUT2D eigenvalue weighted by Gasteiger charge is -2.15. The van der Waals surface area contributed by atoms with Crippen LogP contribution in [-0.4, -0.2) is 26.5 Å². The third-order valence-corrected chi connectivity index (χ3v) is 2.79. The second kappa shape index (κ2) is 7.39. The maximum absolute atomic E-state index is 10.3. The van der Waals surface area contributed by atoms with Gasteiger partial charge < -0.3 is 14.4 Å². The average Bonchev–Trinajstić information content (AvgIpc) is 2.28. The Morgan fingerprint density at radius 3 is 3.00 bits per heavy atom. The maximum atomic E-state index is 10.3. The smallest absolute Gasteiger partial charge is 0.119 e. The summed E-state index contributed by atoms with van der Waals surface area (Å²) < 4.78 is 28.5. The molecule has 0 aliphatic carbocycles. The molecule has 0 fully saturated rings. The molecule has 0 saturated heterocycles. The summed E-state index contributed by atoms with van der Waals surface area (Å²) in [5, 5.41) is 8.94. The molecule has 0 aromatic heterocycles. The summed E-state index contributed by atoms with van der Waals surface area (Å²) in [6.45, 7) is 2.16. The van der Waals surface area contributed by atoms with Crippen molar-refractivity contribution in [3.05, 3.63) is 29.8 Å². The predicted octanol–water partition coefficient (Wildman–Crippen LogP) is 0.720. The van der Waals surface area contributed by atoms with E-state index < -0.39 is 11.3 Å². The minimum atomic E-state index is -2.24. The Morgan fingerprint density at radius 1 is 1.59 bits per heavy atom. The zero-order valence-corrected chi connectivity index (χ0v) is 10.4. The lowest BCUT2D eigenvalue weighted by molar-refractivity contribution is 0.277. The van der Waals surface area contributed by atoms with Crippen molar-refractivity contribution in [1.29, 1.82) is 0 Å². The molecule has 17 heavy (non-hydrogen) atoms. The highest BCUT2D eigenvalue weighted by Crippen LogP contribution is 2.13. The standard InChI is InChI=1S/C11H17NO4S/c1-9(12-17(14)15)5-6-16-11-4-2-3-10(7-11)8-13/h2-4,7,9,12-13H,5-6,8H2,1H3,(H,14,15)/p-1. The molecule has 0 aliphatic heterocycles. The van der Waals surface area contributed by atoms with Crippen LogP contribution in [-0.2, 0) is 17.9 Å². The maximum Gasteiger partial charge on any atom is 0.119 e. The van der Waals surface area contributed by atoms with Crippen LogP contribution in [0.2, 0.25) is 0 Å². The molecule has 0 spiro atoms. The van der Waals surface area contributed by atoms with Gasteiger partial charge in [0.05, 0.1) is 13.2 Å². The van der Waals surface area contributed by atoms with E-state index in [0.717, 1.165) is 5.56 Å². The monoisotopic (exact) mass is 258 g/mol. The topological polar surface area (TPSA) is 81.6 Å². The van der Waals surface area contributed by atoms with Crippen molar-refractivity contribution in [3.8, 4) is 5.75 Å². The number of benzene rings is 1. The number of aliphatic hydroxyl groups excluding tert-OH is 1.